The number of hydrogen-bond donors (Lipinski definition) is 3. The maximum absolute atomic E-state index is 12.4. The van der Waals surface area contributed by atoms with Crippen molar-refractivity contribution in [3.05, 3.63) is 36.0 Å². The second-order valence-electron chi connectivity index (χ2n) is 5.93. The molecule has 3 rings (SSSR count). The van der Waals surface area contributed by atoms with Gasteiger partial charge in [0.2, 0.25) is 0 Å². The summed E-state index contributed by atoms with van der Waals surface area (Å²) in [5.41, 5.74) is 3.35. The minimum atomic E-state index is -0.0761. The van der Waals surface area contributed by atoms with E-state index >= 15 is 0 Å². The van der Waals surface area contributed by atoms with Gasteiger partial charge < -0.3 is 10.7 Å². The Hall–Kier alpha value is -2.14. The molecule has 0 saturated heterocycles. The Kier molecular flexibility index (Phi) is 2.87. The number of benzene rings is 1. The maximum atomic E-state index is 12.4. The van der Waals surface area contributed by atoms with Crippen LogP contribution >= 0.6 is 0 Å². The van der Waals surface area contributed by atoms with Crippen LogP contribution in [0.25, 0.3) is 10.8 Å². The number of nitrogens with zero attached hydrogens (tertiary/aromatic N) is 1. The van der Waals surface area contributed by atoms with Crippen LogP contribution in [0.2, 0.25) is 0 Å². The van der Waals surface area contributed by atoms with Crippen LogP contribution in [-0.4, -0.2) is 16.9 Å². The van der Waals surface area contributed by atoms with Gasteiger partial charge in [-0.15, -0.1) is 0 Å². The molecule has 1 atom stereocenters. The number of aromatic nitrogens is 1. The van der Waals surface area contributed by atoms with E-state index in [1.165, 1.54) is 0 Å². The van der Waals surface area contributed by atoms with Crippen molar-refractivity contribution in [3.63, 3.8) is 0 Å². The van der Waals surface area contributed by atoms with Gasteiger partial charge in [-0.2, -0.15) is 0 Å². The number of nitrogens with one attached hydrogen (secondary N) is 2. The number of fused-ring (bicyclic) bond motifs is 1. The van der Waals surface area contributed by atoms with Crippen molar-refractivity contribution in [2.45, 2.75) is 26.3 Å². The summed E-state index contributed by atoms with van der Waals surface area (Å²) in [7, 11) is 0. The first-order valence-corrected chi connectivity index (χ1v) is 6.68. The molecule has 1 amide bonds. The zero-order chi connectivity index (χ0) is 14.3. The highest BCUT2D eigenvalue weighted by atomic mass is 16.1. The summed E-state index contributed by atoms with van der Waals surface area (Å²) in [6.07, 6.45) is 2.59. The van der Waals surface area contributed by atoms with Crippen molar-refractivity contribution < 1.29 is 4.79 Å². The molecule has 1 saturated carbocycles. The average Bonchev–Trinajstić information content (AvgIpc) is 3.04. The number of hydrogen-bond acceptors (Lipinski definition) is 4. The summed E-state index contributed by atoms with van der Waals surface area (Å²) in [6.45, 7) is 4.30. The number of nitrogens with two attached hydrogens (primary N) is 1. The summed E-state index contributed by atoms with van der Waals surface area (Å²) in [6, 6.07) is 7.86. The third-order valence-electron chi connectivity index (χ3n) is 4.00. The highest BCUT2D eigenvalue weighted by Gasteiger charge is 2.46. The molecule has 1 aliphatic rings. The van der Waals surface area contributed by atoms with Gasteiger partial charge in [0.15, 0.2) is 0 Å². The monoisotopic (exact) mass is 270 g/mol. The highest BCUT2D eigenvalue weighted by molar-refractivity contribution is 6.09. The van der Waals surface area contributed by atoms with E-state index in [2.05, 4.69) is 29.6 Å². The SMILES string of the molecule is CC1(C)CC1NC(=O)c1cnc(NN)c2ccccc12. The fraction of sp³-hybridized carbons (Fsp3) is 0.333. The van der Waals surface area contributed by atoms with Crippen LogP contribution in [0, 0.1) is 5.41 Å². The van der Waals surface area contributed by atoms with Gasteiger partial charge in [0.1, 0.15) is 5.82 Å². The van der Waals surface area contributed by atoms with Gasteiger partial charge in [0, 0.05) is 17.6 Å². The Morgan fingerprint density at radius 3 is 2.60 bits per heavy atom. The second-order valence-corrected chi connectivity index (χ2v) is 5.93. The average molecular weight is 270 g/mol. The van der Waals surface area contributed by atoms with Crippen LogP contribution in [0.15, 0.2) is 30.5 Å². The number of carbonyl (C=O) groups is 1. The second kappa shape index (κ2) is 4.45. The van der Waals surface area contributed by atoms with Crippen LogP contribution in [-0.2, 0) is 0 Å². The molecule has 0 aliphatic heterocycles. The molecular formula is C15H18N4O. The molecular weight excluding hydrogens is 252 g/mol. The zero-order valence-electron chi connectivity index (χ0n) is 11.6. The van der Waals surface area contributed by atoms with Gasteiger partial charge >= 0.3 is 0 Å². The van der Waals surface area contributed by atoms with Crippen LogP contribution in [0.4, 0.5) is 5.82 Å². The van der Waals surface area contributed by atoms with Gasteiger partial charge in [-0.25, -0.2) is 10.8 Å². The topological polar surface area (TPSA) is 80.0 Å². The van der Waals surface area contributed by atoms with E-state index in [-0.39, 0.29) is 17.4 Å². The third-order valence-corrected chi connectivity index (χ3v) is 4.00. The van der Waals surface area contributed by atoms with Crippen LogP contribution in [0.1, 0.15) is 30.6 Å². The molecule has 1 fully saturated rings. The predicted molar refractivity (Wildman–Crippen MR) is 79.2 cm³/mol. The number of pyridine rings is 1. The van der Waals surface area contributed by atoms with Crippen molar-refractivity contribution in [1.82, 2.24) is 10.3 Å². The predicted octanol–water partition coefficient (Wildman–Crippen LogP) is 2.05. The summed E-state index contributed by atoms with van der Waals surface area (Å²) in [5.74, 6) is 5.95. The summed E-state index contributed by atoms with van der Waals surface area (Å²) < 4.78 is 0. The lowest BCUT2D eigenvalue weighted by Gasteiger charge is -2.11. The maximum Gasteiger partial charge on any atom is 0.253 e. The van der Waals surface area contributed by atoms with Gasteiger partial charge in [-0.1, -0.05) is 38.1 Å². The Bertz CT molecular complexity index is 681. The van der Waals surface area contributed by atoms with Gasteiger partial charge in [0.05, 0.1) is 5.56 Å². The molecule has 4 N–H and O–H groups in total. The highest BCUT2D eigenvalue weighted by Crippen LogP contribution is 2.44. The van der Waals surface area contributed by atoms with E-state index in [4.69, 9.17) is 5.84 Å². The van der Waals surface area contributed by atoms with E-state index in [9.17, 15) is 4.79 Å². The number of hydrazine groups is 1. The van der Waals surface area contributed by atoms with Crippen LogP contribution in [0.3, 0.4) is 0 Å². The van der Waals surface area contributed by atoms with Crippen LogP contribution < -0.4 is 16.6 Å². The summed E-state index contributed by atoms with van der Waals surface area (Å²) >= 11 is 0. The first-order valence-electron chi connectivity index (χ1n) is 6.68. The van der Waals surface area contributed by atoms with Crippen molar-refractivity contribution in [1.29, 1.82) is 0 Å². The molecule has 0 bridgehead atoms. The van der Waals surface area contributed by atoms with Crippen molar-refractivity contribution in [3.8, 4) is 0 Å². The molecule has 1 aromatic heterocycles. The van der Waals surface area contributed by atoms with E-state index in [1.807, 2.05) is 24.3 Å². The van der Waals surface area contributed by atoms with E-state index < -0.39 is 0 Å². The van der Waals surface area contributed by atoms with E-state index in [0.29, 0.717) is 11.4 Å². The lowest BCUT2D eigenvalue weighted by Crippen LogP contribution is -2.28. The minimum Gasteiger partial charge on any atom is -0.349 e. The van der Waals surface area contributed by atoms with Crippen molar-refractivity contribution in [2.24, 2.45) is 11.3 Å². The Morgan fingerprint density at radius 2 is 2.00 bits per heavy atom. The normalized spacial score (nSPS) is 19.6. The number of amides is 1. The summed E-state index contributed by atoms with van der Waals surface area (Å²) in [4.78, 5) is 16.6. The number of anilines is 1. The molecule has 20 heavy (non-hydrogen) atoms. The smallest absolute Gasteiger partial charge is 0.253 e. The standard InChI is InChI=1S/C15H18N4O/c1-15(2)7-12(15)18-14(20)11-8-17-13(19-16)10-6-4-3-5-9(10)11/h3-6,8,12H,7,16H2,1-2H3,(H,17,19)(H,18,20). The van der Waals surface area contributed by atoms with Crippen LogP contribution in [0.5, 0.6) is 0 Å². The largest absolute Gasteiger partial charge is 0.349 e. The Balaban J connectivity index is 1.98. The first kappa shape index (κ1) is 12.9. The van der Waals surface area contributed by atoms with Gasteiger partial charge in [-0.3, -0.25) is 4.79 Å². The number of rotatable bonds is 3. The molecule has 1 aromatic carbocycles. The molecule has 1 aliphatic carbocycles. The quantitative estimate of drug-likeness (QED) is 0.589. The molecule has 0 spiro atoms. The molecule has 1 heterocycles. The number of carbonyl (C=O) groups excluding carboxylic acids is 1. The lowest BCUT2D eigenvalue weighted by molar-refractivity contribution is 0.0947. The van der Waals surface area contributed by atoms with Crippen molar-refractivity contribution in [2.75, 3.05) is 5.43 Å². The summed E-state index contributed by atoms with van der Waals surface area (Å²) in [5, 5.41) is 4.76. The zero-order valence-corrected chi connectivity index (χ0v) is 11.6. The minimum absolute atomic E-state index is 0.0761. The molecule has 5 nitrogen and oxygen atoms in total. The van der Waals surface area contributed by atoms with Gasteiger partial charge in [0.25, 0.3) is 5.91 Å². The fourth-order valence-electron chi connectivity index (χ4n) is 2.44. The molecule has 104 valence electrons. The molecule has 2 aromatic rings. The van der Waals surface area contributed by atoms with E-state index in [0.717, 1.165) is 17.2 Å². The third kappa shape index (κ3) is 2.10. The Morgan fingerprint density at radius 1 is 1.35 bits per heavy atom. The molecule has 5 heteroatoms. The number of nitrogen functional groups attached to an aromatic ring is 1. The molecule has 0 radical (unpaired) electrons. The lowest BCUT2D eigenvalue weighted by atomic mass is 10.1. The van der Waals surface area contributed by atoms with Crippen molar-refractivity contribution >= 4 is 22.5 Å². The Labute approximate surface area is 117 Å². The van der Waals surface area contributed by atoms with Gasteiger partial charge in [-0.05, 0) is 17.2 Å². The fourth-order valence-corrected chi connectivity index (χ4v) is 2.44. The van der Waals surface area contributed by atoms with E-state index in [1.54, 1.807) is 6.20 Å². The first-order chi connectivity index (χ1) is 9.53. The molecule has 1 unspecified atom stereocenters.